The van der Waals surface area contributed by atoms with E-state index < -0.39 is 16.0 Å². The van der Waals surface area contributed by atoms with Gasteiger partial charge in [-0.3, -0.25) is 4.79 Å². The number of rotatable bonds is 4. The van der Waals surface area contributed by atoms with Crippen LogP contribution in [-0.2, 0) is 10.0 Å². The number of aromatic amines is 1. The molecule has 2 N–H and O–H groups in total. The molecule has 1 aromatic carbocycles. The summed E-state index contributed by atoms with van der Waals surface area (Å²) in [6.07, 6.45) is 1.51. The topological polar surface area (TPSA) is 111 Å². The van der Waals surface area contributed by atoms with Crippen molar-refractivity contribution in [3.8, 4) is 0 Å². The van der Waals surface area contributed by atoms with Crippen LogP contribution in [0.2, 0.25) is 5.02 Å². The van der Waals surface area contributed by atoms with Crippen LogP contribution < -0.4 is 0 Å². The molecule has 26 heavy (non-hydrogen) atoms. The number of hydrogen-bond donors (Lipinski definition) is 2. The summed E-state index contributed by atoms with van der Waals surface area (Å²) in [5.41, 5.74) is 0.375. The van der Waals surface area contributed by atoms with Gasteiger partial charge in [0.25, 0.3) is 5.91 Å². The van der Waals surface area contributed by atoms with Crippen LogP contribution in [-0.4, -0.2) is 65.8 Å². The smallest absolute Gasteiger partial charge is 0.335 e. The van der Waals surface area contributed by atoms with Gasteiger partial charge in [0.05, 0.1) is 15.5 Å². The number of carbonyl (C=O) groups excluding carboxylic acids is 1. The molecular weight excluding hydrogens is 382 g/mol. The van der Waals surface area contributed by atoms with Crippen molar-refractivity contribution in [1.82, 2.24) is 14.2 Å². The number of carboxylic acid groups (broad SMARTS) is 1. The lowest BCUT2D eigenvalue weighted by Crippen LogP contribution is -2.50. The lowest BCUT2D eigenvalue weighted by atomic mass is 10.2. The predicted octanol–water partition coefficient (Wildman–Crippen LogP) is 1.51. The standard InChI is InChI=1S/C16H16ClN3O5S/c17-12-9-14(18-10-12)15(21)19-5-7-20(8-6-19)26(24,25)13-3-1-11(2-4-13)16(22)23/h1-4,9-10,18H,5-8H2,(H,22,23). The van der Waals surface area contributed by atoms with Gasteiger partial charge < -0.3 is 15.0 Å². The maximum atomic E-state index is 12.7. The quantitative estimate of drug-likeness (QED) is 0.812. The van der Waals surface area contributed by atoms with E-state index in [1.54, 1.807) is 4.90 Å². The van der Waals surface area contributed by atoms with Crippen molar-refractivity contribution in [2.24, 2.45) is 0 Å². The zero-order valence-corrected chi connectivity index (χ0v) is 15.1. The highest BCUT2D eigenvalue weighted by Gasteiger charge is 2.30. The number of piperazine rings is 1. The zero-order valence-electron chi connectivity index (χ0n) is 13.6. The molecule has 1 aliphatic rings. The molecule has 1 amide bonds. The van der Waals surface area contributed by atoms with Gasteiger partial charge in [-0.15, -0.1) is 0 Å². The van der Waals surface area contributed by atoms with Gasteiger partial charge in [-0.25, -0.2) is 13.2 Å². The molecule has 1 saturated heterocycles. The van der Waals surface area contributed by atoms with Crippen LogP contribution in [0.25, 0.3) is 0 Å². The number of carboxylic acids is 1. The van der Waals surface area contributed by atoms with Crippen molar-refractivity contribution >= 4 is 33.5 Å². The van der Waals surface area contributed by atoms with Gasteiger partial charge in [0.2, 0.25) is 10.0 Å². The Labute approximate surface area is 155 Å². The molecule has 0 atom stereocenters. The number of hydrogen-bond acceptors (Lipinski definition) is 4. The average molecular weight is 398 g/mol. The molecule has 1 aliphatic heterocycles. The SMILES string of the molecule is O=C(O)c1ccc(S(=O)(=O)N2CCN(C(=O)c3cc(Cl)c[nH]3)CC2)cc1. The first-order chi connectivity index (χ1) is 12.3. The third-order valence-corrected chi connectivity index (χ3v) is 6.27. The Hall–Kier alpha value is -2.36. The predicted molar refractivity (Wildman–Crippen MR) is 93.9 cm³/mol. The van der Waals surface area contributed by atoms with Crippen LogP contribution in [0.5, 0.6) is 0 Å². The number of nitrogens with one attached hydrogen (secondary N) is 1. The zero-order chi connectivity index (χ0) is 18.9. The molecule has 0 saturated carbocycles. The van der Waals surface area contributed by atoms with Crippen LogP contribution in [0.15, 0.2) is 41.4 Å². The molecular formula is C16H16ClN3O5S. The van der Waals surface area contributed by atoms with Gasteiger partial charge in [-0.05, 0) is 30.3 Å². The highest BCUT2D eigenvalue weighted by Crippen LogP contribution is 2.19. The molecule has 3 rings (SSSR count). The number of nitrogens with zero attached hydrogens (tertiary/aromatic N) is 2. The first-order valence-electron chi connectivity index (χ1n) is 7.76. The van der Waals surface area contributed by atoms with E-state index in [0.717, 1.165) is 0 Å². The minimum absolute atomic E-state index is 0.0176. The molecule has 0 unspecified atom stereocenters. The number of aromatic carboxylic acids is 1. The van der Waals surface area contributed by atoms with Crippen molar-refractivity contribution in [3.05, 3.63) is 52.8 Å². The maximum absolute atomic E-state index is 12.7. The molecule has 138 valence electrons. The normalized spacial score (nSPS) is 15.8. The van der Waals surface area contributed by atoms with Crippen molar-refractivity contribution in [2.45, 2.75) is 4.90 Å². The minimum atomic E-state index is -3.74. The molecule has 0 bridgehead atoms. The summed E-state index contributed by atoms with van der Waals surface area (Å²) in [5, 5.41) is 9.33. The third kappa shape index (κ3) is 3.59. The summed E-state index contributed by atoms with van der Waals surface area (Å²) < 4.78 is 26.6. The Balaban J connectivity index is 1.68. The van der Waals surface area contributed by atoms with Crippen molar-refractivity contribution in [1.29, 1.82) is 0 Å². The lowest BCUT2D eigenvalue weighted by molar-refractivity contribution is 0.0687. The lowest BCUT2D eigenvalue weighted by Gasteiger charge is -2.33. The molecule has 10 heteroatoms. The Kier molecular flexibility index (Phi) is 5.03. The van der Waals surface area contributed by atoms with Gasteiger partial charge in [0.1, 0.15) is 5.69 Å². The average Bonchev–Trinajstić information content (AvgIpc) is 3.07. The number of H-pyrrole nitrogens is 1. The van der Waals surface area contributed by atoms with Crippen LogP contribution in [0, 0.1) is 0 Å². The summed E-state index contributed by atoms with van der Waals surface area (Å²) >= 11 is 5.80. The molecule has 1 fully saturated rings. The van der Waals surface area contributed by atoms with Gasteiger partial charge in [-0.1, -0.05) is 11.6 Å². The van der Waals surface area contributed by atoms with E-state index in [0.29, 0.717) is 10.7 Å². The Morgan fingerprint density at radius 3 is 2.19 bits per heavy atom. The van der Waals surface area contributed by atoms with E-state index in [-0.39, 0.29) is 42.5 Å². The van der Waals surface area contributed by atoms with E-state index in [2.05, 4.69) is 4.98 Å². The fraction of sp³-hybridized carbons (Fsp3) is 0.250. The summed E-state index contributed by atoms with van der Waals surface area (Å²) in [6, 6.07) is 6.58. The number of carbonyl (C=O) groups is 2. The Morgan fingerprint density at radius 2 is 1.69 bits per heavy atom. The highest BCUT2D eigenvalue weighted by molar-refractivity contribution is 7.89. The van der Waals surface area contributed by atoms with Gasteiger partial charge >= 0.3 is 5.97 Å². The molecule has 2 heterocycles. The molecule has 2 aromatic rings. The van der Waals surface area contributed by atoms with Gasteiger partial charge in [0, 0.05) is 32.4 Å². The second kappa shape index (κ2) is 7.10. The summed E-state index contributed by atoms with van der Waals surface area (Å²) in [6.45, 7) is 0.816. The second-order valence-corrected chi connectivity index (χ2v) is 8.13. The number of sulfonamides is 1. The first-order valence-corrected chi connectivity index (χ1v) is 9.57. The molecule has 0 aliphatic carbocycles. The van der Waals surface area contributed by atoms with Crippen LogP contribution >= 0.6 is 11.6 Å². The summed E-state index contributed by atoms with van der Waals surface area (Å²) in [5.74, 6) is -1.36. The molecule has 0 radical (unpaired) electrons. The molecule has 1 aromatic heterocycles. The number of aromatic nitrogens is 1. The van der Waals surface area contributed by atoms with Crippen LogP contribution in [0.3, 0.4) is 0 Å². The first kappa shape index (κ1) is 18.4. The van der Waals surface area contributed by atoms with E-state index in [4.69, 9.17) is 16.7 Å². The van der Waals surface area contributed by atoms with Crippen molar-refractivity contribution < 1.29 is 23.1 Å². The van der Waals surface area contributed by atoms with E-state index in [1.807, 2.05) is 0 Å². The summed E-state index contributed by atoms with van der Waals surface area (Å²) in [4.78, 5) is 27.6. The molecule has 8 nitrogen and oxygen atoms in total. The van der Waals surface area contributed by atoms with E-state index in [9.17, 15) is 18.0 Å². The van der Waals surface area contributed by atoms with Gasteiger partial charge in [0.15, 0.2) is 0 Å². The number of halogens is 1. The van der Waals surface area contributed by atoms with E-state index >= 15 is 0 Å². The second-order valence-electron chi connectivity index (χ2n) is 5.76. The fourth-order valence-electron chi connectivity index (χ4n) is 2.71. The fourth-order valence-corrected chi connectivity index (χ4v) is 4.30. The third-order valence-electron chi connectivity index (χ3n) is 4.14. The maximum Gasteiger partial charge on any atom is 0.335 e. The largest absolute Gasteiger partial charge is 0.478 e. The van der Waals surface area contributed by atoms with Gasteiger partial charge in [-0.2, -0.15) is 4.31 Å². The Morgan fingerprint density at radius 1 is 1.08 bits per heavy atom. The highest BCUT2D eigenvalue weighted by atomic mass is 35.5. The minimum Gasteiger partial charge on any atom is -0.478 e. The van der Waals surface area contributed by atoms with Crippen LogP contribution in [0.1, 0.15) is 20.8 Å². The number of benzene rings is 1. The number of amides is 1. The molecule has 0 spiro atoms. The van der Waals surface area contributed by atoms with Crippen molar-refractivity contribution in [3.63, 3.8) is 0 Å². The van der Waals surface area contributed by atoms with Crippen molar-refractivity contribution in [2.75, 3.05) is 26.2 Å². The monoisotopic (exact) mass is 397 g/mol. The summed E-state index contributed by atoms with van der Waals surface area (Å²) in [7, 11) is -3.74. The van der Waals surface area contributed by atoms with E-state index in [1.165, 1.54) is 40.8 Å². The van der Waals surface area contributed by atoms with Crippen LogP contribution in [0.4, 0.5) is 0 Å². The Bertz CT molecular complexity index is 931.